The Hall–Kier alpha value is -2.50. The molecule has 0 aliphatic carbocycles. The van der Waals surface area contributed by atoms with Crippen LogP contribution in [0.5, 0.6) is 0 Å². The predicted molar refractivity (Wildman–Crippen MR) is 71.9 cm³/mol. The summed E-state index contributed by atoms with van der Waals surface area (Å²) in [6, 6.07) is 7.31. The van der Waals surface area contributed by atoms with E-state index in [9.17, 15) is 4.79 Å². The standard InChI is InChI=1S/C13H15N5O/c1-14-13(19)11-4-5-12(18-17-11)16-8-6-10-3-2-7-15-9-10/h2-5,7,9H,6,8H2,1H3,(H,14,19)(H,16,18). The molecule has 1 amide bonds. The molecule has 2 rings (SSSR count). The molecule has 6 heteroatoms. The van der Waals surface area contributed by atoms with Crippen molar-refractivity contribution in [3.8, 4) is 0 Å². The Morgan fingerprint density at radius 1 is 1.26 bits per heavy atom. The zero-order valence-corrected chi connectivity index (χ0v) is 10.6. The third-order valence-corrected chi connectivity index (χ3v) is 2.57. The summed E-state index contributed by atoms with van der Waals surface area (Å²) in [7, 11) is 1.56. The number of carbonyl (C=O) groups is 1. The number of amides is 1. The number of anilines is 1. The van der Waals surface area contributed by atoms with Crippen molar-refractivity contribution < 1.29 is 4.79 Å². The van der Waals surface area contributed by atoms with Crippen LogP contribution in [0.15, 0.2) is 36.7 Å². The highest BCUT2D eigenvalue weighted by molar-refractivity contribution is 5.91. The highest BCUT2D eigenvalue weighted by Gasteiger charge is 2.04. The SMILES string of the molecule is CNC(=O)c1ccc(NCCc2cccnc2)nn1. The molecule has 0 aliphatic rings. The van der Waals surface area contributed by atoms with Crippen molar-refractivity contribution in [2.75, 3.05) is 18.9 Å². The summed E-state index contributed by atoms with van der Waals surface area (Å²) < 4.78 is 0. The van der Waals surface area contributed by atoms with Gasteiger partial charge >= 0.3 is 0 Å². The molecule has 0 bridgehead atoms. The van der Waals surface area contributed by atoms with Crippen LogP contribution >= 0.6 is 0 Å². The second kappa shape index (κ2) is 6.44. The second-order valence-electron chi connectivity index (χ2n) is 3.92. The molecule has 98 valence electrons. The molecule has 2 aromatic rings. The maximum atomic E-state index is 11.3. The number of hydrogen-bond donors (Lipinski definition) is 2. The first-order valence-corrected chi connectivity index (χ1v) is 5.98. The minimum atomic E-state index is -0.241. The molecule has 2 aromatic heterocycles. The van der Waals surface area contributed by atoms with Crippen LogP contribution in [0.4, 0.5) is 5.82 Å². The number of aromatic nitrogens is 3. The molecule has 0 saturated carbocycles. The lowest BCUT2D eigenvalue weighted by Gasteiger charge is -2.05. The van der Waals surface area contributed by atoms with Crippen molar-refractivity contribution in [2.45, 2.75) is 6.42 Å². The molecule has 0 spiro atoms. The van der Waals surface area contributed by atoms with E-state index in [0.717, 1.165) is 18.5 Å². The fraction of sp³-hybridized carbons (Fsp3) is 0.231. The molecule has 2 heterocycles. The molecular formula is C13H15N5O. The summed E-state index contributed by atoms with van der Waals surface area (Å²) in [5.74, 6) is 0.408. The maximum absolute atomic E-state index is 11.3. The maximum Gasteiger partial charge on any atom is 0.271 e. The van der Waals surface area contributed by atoms with Gasteiger partial charge in [0.2, 0.25) is 0 Å². The average Bonchev–Trinajstić information content (AvgIpc) is 2.48. The van der Waals surface area contributed by atoms with Crippen LogP contribution in [0.1, 0.15) is 16.1 Å². The highest BCUT2D eigenvalue weighted by Crippen LogP contribution is 2.03. The third kappa shape index (κ3) is 3.74. The van der Waals surface area contributed by atoms with E-state index in [1.807, 2.05) is 18.3 Å². The number of rotatable bonds is 5. The fourth-order valence-corrected chi connectivity index (χ4v) is 1.56. The first-order valence-electron chi connectivity index (χ1n) is 5.98. The van der Waals surface area contributed by atoms with E-state index in [1.54, 1.807) is 25.4 Å². The summed E-state index contributed by atoms with van der Waals surface area (Å²) in [6.07, 6.45) is 4.44. The van der Waals surface area contributed by atoms with Crippen molar-refractivity contribution in [2.24, 2.45) is 0 Å². The molecule has 2 N–H and O–H groups in total. The predicted octanol–water partition coefficient (Wildman–Crippen LogP) is 0.886. The van der Waals surface area contributed by atoms with Gasteiger partial charge < -0.3 is 10.6 Å². The summed E-state index contributed by atoms with van der Waals surface area (Å²) in [6.45, 7) is 0.736. The van der Waals surface area contributed by atoms with Crippen LogP contribution in [-0.2, 0) is 6.42 Å². The Balaban J connectivity index is 1.85. The van der Waals surface area contributed by atoms with Crippen LogP contribution in [0.25, 0.3) is 0 Å². The van der Waals surface area contributed by atoms with E-state index in [-0.39, 0.29) is 5.91 Å². The van der Waals surface area contributed by atoms with Crippen LogP contribution < -0.4 is 10.6 Å². The highest BCUT2D eigenvalue weighted by atomic mass is 16.1. The van der Waals surface area contributed by atoms with Crippen molar-refractivity contribution >= 4 is 11.7 Å². The largest absolute Gasteiger partial charge is 0.368 e. The quantitative estimate of drug-likeness (QED) is 0.831. The summed E-state index contributed by atoms with van der Waals surface area (Å²) >= 11 is 0. The van der Waals surface area contributed by atoms with Crippen molar-refractivity contribution in [3.05, 3.63) is 47.9 Å². The van der Waals surface area contributed by atoms with Gasteiger partial charge in [-0.1, -0.05) is 6.07 Å². The first kappa shape index (κ1) is 12.9. The number of carbonyl (C=O) groups excluding carboxylic acids is 1. The van der Waals surface area contributed by atoms with Crippen LogP contribution in [0.2, 0.25) is 0 Å². The number of nitrogens with one attached hydrogen (secondary N) is 2. The number of hydrogen-bond acceptors (Lipinski definition) is 5. The summed E-state index contributed by atoms with van der Waals surface area (Å²) in [5, 5.41) is 13.4. The van der Waals surface area contributed by atoms with Crippen LogP contribution in [0.3, 0.4) is 0 Å². The van der Waals surface area contributed by atoms with Gasteiger partial charge in [0, 0.05) is 26.0 Å². The Bertz CT molecular complexity index is 526. The number of nitrogens with zero attached hydrogens (tertiary/aromatic N) is 3. The molecule has 0 saturated heterocycles. The third-order valence-electron chi connectivity index (χ3n) is 2.57. The Morgan fingerprint density at radius 2 is 2.16 bits per heavy atom. The topological polar surface area (TPSA) is 79.8 Å². The lowest BCUT2D eigenvalue weighted by molar-refractivity contribution is 0.0957. The van der Waals surface area contributed by atoms with Gasteiger partial charge in [-0.25, -0.2) is 0 Å². The molecule has 0 fully saturated rings. The van der Waals surface area contributed by atoms with Gasteiger partial charge in [-0.2, -0.15) is 0 Å². The van der Waals surface area contributed by atoms with Crippen LogP contribution in [-0.4, -0.2) is 34.7 Å². The van der Waals surface area contributed by atoms with Crippen molar-refractivity contribution in [1.29, 1.82) is 0 Å². The van der Waals surface area contributed by atoms with Gasteiger partial charge in [0.1, 0.15) is 5.82 Å². The second-order valence-corrected chi connectivity index (χ2v) is 3.92. The van der Waals surface area contributed by atoms with Gasteiger partial charge in [0.15, 0.2) is 5.69 Å². The molecule has 0 radical (unpaired) electrons. The minimum absolute atomic E-state index is 0.241. The normalized spacial score (nSPS) is 9.95. The minimum Gasteiger partial charge on any atom is -0.368 e. The zero-order valence-electron chi connectivity index (χ0n) is 10.6. The van der Waals surface area contributed by atoms with Gasteiger partial charge in [-0.05, 0) is 30.2 Å². The van der Waals surface area contributed by atoms with Gasteiger partial charge in [0.25, 0.3) is 5.91 Å². The Kier molecular flexibility index (Phi) is 4.39. The summed E-state index contributed by atoms with van der Waals surface area (Å²) in [5.41, 5.74) is 1.46. The van der Waals surface area contributed by atoms with E-state index >= 15 is 0 Å². The van der Waals surface area contributed by atoms with E-state index in [0.29, 0.717) is 11.5 Å². The Labute approximate surface area is 111 Å². The van der Waals surface area contributed by atoms with Gasteiger partial charge in [0.05, 0.1) is 0 Å². The lowest BCUT2D eigenvalue weighted by atomic mass is 10.2. The number of pyridine rings is 1. The lowest BCUT2D eigenvalue weighted by Crippen LogP contribution is -2.20. The van der Waals surface area contributed by atoms with E-state index in [1.165, 1.54) is 0 Å². The monoisotopic (exact) mass is 257 g/mol. The van der Waals surface area contributed by atoms with Gasteiger partial charge in [-0.15, -0.1) is 10.2 Å². The van der Waals surface area contributed by atoms with Crippen LogP contribution in [0, 0.1) is 0 Å². The van der Waals surface area contributed by atoms with Crippen molar-refractivity contribution in [3.63, 3.8) is 0 Å². The molecule has 0 aromatic carbocycles. The fourth-order valence-electron chi connectivity index (χ4n) is 1.56. The first-order chi connectivity index (χ1) is 9.29. The van der Waals surface area contributed by atoms with E-state index in [4.69, 9.17) is 0 Å². The molecule has 0 unspecified atom stereocenters. The molecule has 19 heavy (non-hydrogen) atoms. The molecule has 0 atom stereocenters. The molecule has 6 nitrogen and oxygen atoms in total. The molecule has 0 aliphatic heterocycles. The van der Waals surface area contributed by atoms with Gasteiger partial charge in [-0.3, -0.25) is 9.78 Å². The smallest absolute Gasteiger partial charge is 0.271 e. The van der Waals surface area contributed by atoms with E-state index in [2.05, 4.69) is 25.8 Å². The average molecular weight is 257 g/mol. The zero-order chi connectivity index (χ0) is 13.5. The summed E-state index contributed by atoms with van der Waals surface area (Å²) in [4.78, 5) is 15.3. The Morgan fingerprint density at radius 3 is 2.79 bits per heavy atom. The van der Waals surface area contributed by atoms with Crippen molar-refractivity contribution in [1.82, 2.24) is 20.5 Å². The van der Waals surface area contributed by atoms with E-state index < -0.39 is 0 Å². The molecular weight excluding hydrogens is 242 g/mol.